The van der Waals surface area contributed by atoms with E-state index in [1.807, 2.05) is 0 Å². The second kappa shape index (κ2) is 6.98. The summed E-state index contributed by atoms with van der Waals surface area (Å²) in [6, 6.07) is 0. The van der Waals surface area contributed by atoms with Crippen LogP contribution in [0.1, 0.15) is 61.8 Å². The normalized spacial score (nSPS) is 14.2. The van der Waals surface area contributed by atoms with Gasteiger partial charge in [-0.15, -0.1) is 0 Å². The van der Waals surface area contributed by atoms with Crippen LogP contribution >= 0.6 is 0 Å². The van der Waals surface area contributed by atoms with E-state index in [-0.39, 0.29) is 0 Å². The lowest BCUT2D eigenvalue weighted by Crippen LogP contribution is -2.13. The van der Waals surface area contributed by atoms with E-state index in [4.69, 9.17) is 4.84 Å². The number of rotatable bonds is 6. The second-order valence-electron chi connectivity index (χ2n) is 5.65. The number of hydrogen-bond donors (Lipinski definition) is 2. The number of fused-ring (bicyclic) bond motifs is 1. The summed E-state index contributed by atoms with van der Waals surface area (Å²) in [5, 5.41) is 10.6. The van der Waals surface area contributed by atoms with Gasteiger partial charge in [0.1, 0.15) is 11.4 Å². The van der Waals surface area contributed by atoms with Crippen molar-refractivity contribution in [3.05, 3.63) is 22.3 Å². The zero-order valence-electron chi connectivity index (χ0n) is 13.0. The predicted octanol–water partition coefficient (Wildman–Crippen LogP) is 4.15. The van der Waals surface area contributed by atoms with Crippen molar-refractivity contribution >= 4 is 5.69 Å². The Morgan fingerprint density at radius 2 is 1.60 bits per heavy atom. The molecule has 3 nitrogen and oxygen atoms in total. The Hall–Kier alpha value is -1.22. The molecule has 0 unspecified atom stereocenters. The van der Waals surface area contributed by atoms with Crippen LogP contribution in [-0.2, 0) is 30.5 Å². The van der Waals surface area contributed by atoms with Gasteiger partial charge >= 0.3 is 0 Å². The van der Waals surface area contributed by atoms with Crippen LogP contribution in [-0.4, -0.2) is 12.2 Å². The zero-order chi connectivity index (χ0) is 14.5. The number of phenols is 1. The van der Waals surface area contributed by atoms with Crippen molar-refractivity contribution in [1.29, 1.82) is 0 Å². The highest BCUT2D eigenvalue weighted by atomic mass is 16.6. The lowest BCUT2D eigenvalue weighted by Gasteiger charge is -2.26. The summed E-state index contributed by atoms with van der Waals surface area (Å²) in [5.41, 5.74) is 9.02. The molecule has 1 aromatic rings. The maximum absolute atomic E-state index is 10.6. The zero-order valence-corrected chi connectivity index (χ0v) is 13.0. The highest BCUT2D eigenvalue weighted by Gasteiger charge is 2.24. The van der Waals surface area contributed by atoms with Gasteiger partial charge in [0.2, 0.25) is 0 Å². The van der Waals surface area contributed by atoms with Crippen LogP contribution in [0.15, 0.2) is 0 Å². The molecule has 1 aromatic carbocycles. The Morgan fingerprint density at radius 1 is 1.00 bits per heavy atom. The number of aromatic hydroxyl groups is 1. The van der Waals surface area contributed by atoms with E-state index in [1.54, 1.807) is 7.11 Å². The molecule has 1 aliphatic carbocycles. The molecule has 0 bridgehead atoms. The smallest absolute Gasteiger partial charge is 0.144 e. The first kappa shape index (κ1) is 15.2. The Balaban J connectivity index is 2.63. The van der Waals surface area contributed by atoms with E-state index >= 15 is 0 Å². The molecule has 0 heterocycles. The predicted molar refractivity (Wildman–Crippen MR) is 83.4 cm³/mol. The lowest BCUT2D eigenvalue weighted by molar-refractivity contribution is 0.268. The summed E-state index contributed by atoms with van der Waals surface area (Å²) in [7, 11) is 1.61. The Morgan fingerprint density at radius 3 is 2.20 bits per heavy atom. The molecule has 1 aliphatic rings. The standard InChI is InChI=1S/C17H27NO2/c1-4-8-12-13-10-6-7-11-15(13)17(19)16(18-20-3)14(12)9-5-2/h18-19H,4-11H2,1-3H3. The third kappa shape index (κ3) is 2.78. The Labute approximate surface area is 122 Å². The fourth-order valence-corrected chi connectivity index (χ4v) is 3.42. The van der Waals surface area contributed by atoms with Crippen LogP contribution in [0.25, 0.3) is 0 Å². The molecular weight excluding hydrogens is 250 g/mol. The van der Waals surface area contributed by atoms with E-state index in [0.29, 0.717) is 5.75 Å². The highest BCUT2D eigenvalue weighted by molar-refractivity contribution is 5.69. The summed E-state index contributed by atoms with van der Waals surface area (Å²) < 4.78 is 0. The molecule has 3 heteroatoms. The summed E-state index contributed by atoms with van der Waals surface area (Å²) in [4.78, 5) is 5.11. The van der Waals surface area contributed by atoms with Crippen molar-refractivity contribution in [1.82, 2.24) is 0 Å². The average molecular weight is 277 g/mol. The van der Waals surface area contributed by atoms with Crippen LogP contribution in [0.5, 0.6) is 5.75 Å². The highest BCUT2D eigenvalue weighted by Crippen LogP contribution is 2.42. The molecule has 0 atom stereocenters. The minimum atomic E-state index is 0.421. The summed E-state index contributed by atoms with van der Waals surface area (Å²) >= 11 is 0. The van der Waals surface area contributed by atoms with Gasteiger partial charge in [-0.3, -0.25) is 10.3 Å². The second-order valence-corrected chi connectivity index (χ2v) is 5.65. The number of anilines is 1. The van der Waals surface area contributed by atoms with Crippen LogP contribution in [0.4, 0.5) is 5.69 Å². The van der Waals surface area contributed by atoms with Gasteiger partial charge in [-0.25, -0.2) is 0 Å². The van der Waals surface area contributed by atoms with E-state index in [2.05, 4.69) is 19.3 Å². The fourth-order valence-electron chi connectivity index (χ4n) is 3.42. The monoisotopic (exact) mass is 277 g/mol. The Kier molecular flexibility index (Phi) is 5.30. The van der Waals surface area contributed by atoms with Gasteiger partial charge in [0.05, 0.1) is 7.11 Å². The summed E-state index contributed by atoms with van der Waals surface area (Å²) in [5.74, 6) is 0.421. The molecule has 0 spiro atoms. The maximum atomic E-state index is 10.6. The average Bonchev–Trinajstić information content (AvgIpc) is 2.47. The third-order valence-corrected chi connectivity index (χ3v) is 4.22. The molecule has 2 N–H and O–H groups in total. The van der Waals surface area contributed by atoms with Crippen molar-refractivity contribution in [2.45, 2.75) is 65.2 Å². The van der Waals surface area contributed by atoms with Gasteiger partial charge in [0.15, 0.2) is 0 Å². The topological polar surface area (TPSA) is 41.5 Å². The first-order chi connectivity index (χ1) is 9.74. The van der Waals surface area contributed by atoms with Crippen molar-refractivity contribution in [2.24, 2.45) is 0 Å². The van der Waals surface area contributed by atoms with E-state index in [0.717, 1.165) is 49.8 Å². The molecule has 0 fully saturated rings. The van der Waals surface area contributed by atoms with E-state index in [1.165, 1.54) is 29.5 Å². The fraction of sp³-hybridized carbons (Fsp3) is 0.647. The minimum Gasteiger partial charge on any atom is -0.505 e. The number of phenolic OH excluding ortho intramolecular Hbond substituents is 1. The van der Waals surface area contributed by atoms with Crippen LogP contribution in [0, 0.1) is 0 Å². The molecule has 0 saturated heterocycles. The minimum absolute atomic E-state index is 0.421. The van der Waals surface area contributed by atoms with Gasteiger partial charge in [-0.1, -0.05) is 26.7 Å². The molecule has 0 saturated carbocycles. The maximum Gasteiger partial charge on any atom is 0.144 e. The van der Waals surface area contributed by atoms with Crippen molar-refractivity contribution in [3.8, 4) is 5.75 Å². The largest absolute Gasteiger partial charge is 0.505 e. The molecule has 0 aromatic heterocycles. The van der Waals surface area contributed by atoms with Gasteiger partial charge in [0.25, 0.3) is 0 Å². The first-order valence-corrected chi connectivity index (χ1v) is 7.91. The van der Waals surface area contributed by atoms with Gasteiger partial charge in [-0.2, -0.15) is 0 Å². The van der Waals surface area contributed by atoms with Crippen LogP contribution < -0.4 is 5.48 Å². The molecule has 112 valence electrons. The molecular formula is C17H27NO2. The van der Waals surface area contributed by atoms with Gasteiger partial charge in [-0.05, 0) is 60.8 Å². The Bertz CT molecular complexity index is 469. The van der Waals surface area contributed by atoms with Crippen molar-refractivity contribution in [3.63, 3.8) is 0 Å². The van der Waals surface area contributed by atoms with E-state index < -0.39 is 0 Å². The van der Waals surface area contributed by atoms with Crippen molar-refractivity contribution in [2.75, 3.05) is 12.6 Å². The molecule has 2 rings (SSSR count). The third-order valence-electron chi connectivity index (χ3n) is 4.22. The molecule has 20 heavy (non-hydrogen) atoms. The number of hydrogen-bond acceptors (Lipinski definition) is 3. The molecule has 0 aliphatic heterocycles. The SMILES string of the molecule is CCCc1c2c(c(O)c(NOC)c1CCC)CCCC2. The summed E-state index contributed by atoms with van der Waals surface area (Å²) in [6.45, 7) is 4.41. The lowest BCUT2D eigenvalue weighted by atomic mass is 9.82. The first-order valence-electron chi connectivity index (χ1n) is 7.91. The molecule has 0 amide bonds. The van der Waals surface area contributed by atoms with Crippen molar-refractivity contribution < 1.29 is 9.94 Å². The van der Waals surface area contributed by atoms with Crippen LogP contribution in [0.3, 0.4) is 0 Å². The number of nitrogens with one attached hydrogen (secondary N) is 1. The van der Waals surface area contributed by atoms with E-state index in [9.17, 15) is 5.11 Å². The number of benzene rings is 1. The molecule has 0 radical (unpaired) electrons. The quantitative estimate of drug-likeness (QED) is 0.606. The summed E-state index contributed by atoms with van der Waals surface area (Å²) in [6.07, 6.45) is 8.81. The van der Waals surface area contributed by atoms with Gasteiger partial charge in [0, 0.05) is 0 Å². The van der Waals surface area contributed by atoms with Gasteiger partial charge < -0.3 is 5.11 Å². The van der Waals surface area contributed by atoms with Crippen LogP contribution in [0.2, 0.25) is 0 Å².